The largest absolute Gasteiger partial charge is 0.195 e. The third-order valence-corrected chi connectivity index (χ3v) is 8.38. The Balaban J connectivity index is 1.47. The van der Waals surface area contributed by atoms with Gasteiger partial charge in [-0.15, -0.1) is 0 Å². The standard InChI is InChI=1S/C34H28N4/c1-3-33(21-35,31-17-9-15-27-25-13-7-5-11-23(25)19-29(27)31)37-38-34(4-2,22-36)32-18-10-16-28-26-14-8-6-12-24(26)20-30(28)32/h5-18H,3-4,19-20H2,1-2H3. The van der Waals surface area contributed by atoms with Crippen LogP contribution in [0, 0.1) is 22.7 Å². The molecule has 0 amide bonds. The maximum atomic E-state index is 10.6. The van der Waals surface area contributed by atoms with Crippen molar-refractivity contribution in [3.63, 3.8) is 0 Å². The van der Waals surface area contributed by atoms with E-state index in [4.69, 9.17) is 10.2 Å². The molecule has 0 aliphatic heterocycles. The molecule has 38 heavy (non-hydrogen) atoms. The fraction of sp³-hybridized carbons (Fsp3) is 0.235. The van der Waals surface area contributed by atoms with Gasteiger partial charge in [-0.3, -0.25) is 0 Å². The first-order chi connectivity index (χ1) is 18.6. The Morgan fingerprint density at radius 3 is 1.37 bits per heavy atom. The Kier molecular flexibility index (Phi) is 5.70. The van der Waals surface area contributed by atoms with E-state index in [0.717, 1.165) is 46.2 Å². The second-order valence-corrected chi connectivity index (χ2v) is 10.2. The van der Waals surface area contributed by atoms with Crippen molar-refractivity contribution in [2.24, 2.45) is 10.2 Å². The van der Waals surface area contributed by atoms with Crippen molar-refractivity contribution in [1.29, 1.82) is 10.5 Å². The molecule has 184 valence electrons. The van der Waals surface area contributed by atoms with E-state index >= 15 is 0 Å². The lowest BCUT2D eigenvalue weighted by Crippen LogP contribution is -2.26. The average molecular weight is 493 g/mol. The minimum Gasteiger partial charge on any atom is -0.195 e. The molecule has 4 nitrogen and oxygen atoms in total. The molecule has 0 radical (unpaired) electrons. The van der Waals surface area contributed by atoms with Crippen molar-refractivity contribution in [2.45, 2.75) is 50.6 Å². The Morgan fingerprint density at radius 2 is 0.974 bits per heavy atom. The summed E-state index contributed by atoms with van der Waals surface area (Å²) in [6.45, 7) is 3.95. The lowest BCUT2D eigenvalue weighted by molar-refractivity contribution is 0.446. The van der Waals surface area contributed by atoms with Gasteiger partial charge in [0.2, 0.25) is 0 Å². The molecule has 4 heteroatoms. The summed E-state index contributed by atoms with van der Waals surface area (Å²) in [5.41, 5.74) is 8.93. The number of rotatable bonds is 6. The maximum Gasteiger partial charge on any atom is 0.192 e. The predicted molar refractivity (Wildman–Crippen MR) is 149 cm³/mol. The van der Waals surface area contributed by atoms with E-state index in [1.165, 1.54) is 22.3 Å². The van der Waals surface area contributed by atoms with Crippen LogP contribution in [0.2, 0.25) is 0 Å². The van der Waals surface area contributed by atoms with Crippen molar-refractivity contribution in [1.82, 2.24) is 0 Å². The summed E-state index contributed by atoms with van der Waals surface area (Å²) in [6.07, 6.45) is 2.46. The lowest BCUT2D eigenvalue weighted by atomic mass is 9.83. The van der Waals surface area contributed by atoms with Crippen LogP contribution < -0.4 is 0 Å². The lowest BCUT2D eigenvalue weighted by Gasteiger charge is -2.27. The third-order valence-electron chi connectivity index (χ3n) is 8.38. The van der Waals surface area contributed by atoms with Crippen LogP contribution in [0.25, 0.3) is 22.3 Å². The van der Waals surface area contributed by atoms with Gasteiger partial charge in [0.05, 0.1) is 12.1 Å². The number of nitrogens with zero attached hydrogens (tertiary/aromatic N) is 4. The van der Waals surface area contributed by atoms with Crippen molar-refractivity contribution in [3.05, 3.63) is 118 Å². The minimum absolute atomic E-state index is 0.462. The van der Waals surface area contributed by atoms with Gasteiger partial charge in [0, 0.05) is 0 Å². The summed E-state index contributed by atoms with van der Waals surface area (Å²) in [4.78, 5) is 0. The van der Waals surface area contributed by atoms with Gasteiger partial charge in [0.1, 0.15) is 0 Å². The summed E-state index contributed by atoms with van der Waals surface area (Å²) in [6, 6.07) is 34.1. The highest BCUT2D eigenvalue weighted by molar-refractivity contribution is 5.79. The molecule has 2 atom stereocenters. The zero-order chi connectivity index (χ0) is 26.3. The van der Waals surface area contributed by atoms with Crippen molar-refractivity contribution >= 4 is 0 Å². The predicted octanol–water partition coefficient (Wildman–Crippen LogP) is 8.24. The molecule has 0 N–H and O–H groups in total. The topological polar surface area (TPSA) is 72.3 Å². The molecule has 0 saturated carbocycles. The second-order valence-electron chi connectivity index (χ2n) is 10.2. The van der Waals surface area contributed by atoms with Gasteiger partial charge in [0.25, 0.3) is 0 Å². The molecule has 4 aromatic rings. The molecule has 0 spiro atoms. The van der Waals surface area contributed by atoms with Gasteiger partial charge in [-0.2, -0.15) is 20.8 Å². The summed E-state index contributed by atoms with van der Waals surface area (Å²) in [5, 5.41) is 30.8. The number of hydrogen-bond acceptors (Lipinski definition) is 4. The number of hydrogen-bond donors (Lipinski definition) is 0. The van der Waals surface area contributed by atoms with E-state index in [-0.39, 0.29) is 0 Å². The molecule has 0 saturated heterocycles. The summed E-state index contributed by atoms with van der Waals surface area (Å²) in [5.74, 6) is 0. The molecular formula is C34H28N4. The molecule has 2 aliphatic carbocycles. The number of benzene rings is 4. The minimum atomic E-state index is -1.18. The number of nitriles is 2. The molecule has 0 aromatic heterocycles. The van der Waals surface area contributed by atoms with E-state index in [2.05, 4.69) is 72.8 Å². The van der Waals surface area contributed by atoms with Crippen molar-refractivity contribution < 1.29 is 0 Å². The van der Waals surface area contributed by atoms with Gasteiger partial charge < -0.3 is 0 Å². The van der Waals surface area contributed by atoms with Crippen molar-refractivity contribution in [3.8, 4) is 34.4 Å². The molecule has 0 fully saturated rings. The van der Waals surface area contributed by atoms with Gasteiger partial charge in [-0.25, -0.2) is 0 Å². The summed E-state index contributed by atoms with van der Waals surface area (Å²) < 4.78 is 0. The quantitative estimate of drug-likeness (QED) is 0.220. The molecule has 2 unspecified atom stereocenters. The van der Waals surface area contributed by atoms with E-state index in [1.54, 1.807) is 0 Å². The van der Waals surface area contributed by atoms with Crippen LogP contribution in [0.3, 0.4) is 0 Å². The van der Waals surface area contributed by atoms with Gasteiger partial charge >= 0.3 is 0 Å². The zero-order valence-corrected chi connectivity index (χ0v) is 21.7. The SMILES string of the molecule is CCC(C#N)(N=NC(C#N)(CC)c1cccc2c1Cc1ccccc1-2)c1cccc2c1Cc1ccccc1-2. The van der Waals surface area contributed by atoms with E-state index < -0.39 is 11.1 Å². The van der Waals surface area contributed by atoms with Gasteiger partial charge in [-0.05, 0) is 81.3 Å². The fourth-order valence-corrected chi connectivity index (χ4v) is 6.21. The Morgan fingerprint density at radius 1 is 0.579 bits per heavy atom. The number of azo groups is 1. The first-order valence-corrected chi connectivity index (χ1v) is 13.3. The maximum absolute atomic E-state index is 10.6. The van der Waals surface area contributed by atoms with E-state index in [9.17, 15) is 10.5 Å². The van der Waals surface area contributed by atoms with Crippen LogP contribution >= 0.6 is 0 Å². The average Bonchev–Trinajstić information content (AvgIpc) is 3.55. The Hall–Kier alpha value is -4.54. The summed E-state index contributed by atoms with van der Waals surface area (Å²) >= 11 is 0. The van der Waals surface area contributed by atoms with Crippen LogP contribution in [0.4, 0.5) is 0 Å². The van der Waals surface area contributed by atoms with Gasteiger partial charge in [0.15, 0.2) is 11.1 Å². The highest BCUT2D eigenvalue weighted by Crippen LogP contribution is 2.46. The third kappa shape index (κ3) is 3.41. The molecule has 4 aromatic carbocycles. The van der Waals surface area contributed by atoms with Crippen molar-refractivity contribution in [2.75, 3.05) is 0 Å². The second kappa shape index (κ2) is 9.09. The molecule has 2 aliphatic rings. The fourth-order valence-electron chi connectivity index (χ4n) is 6.21. The monoisotopic (exact) mass is 492 g/mol. The first-order valence-electron chi connectivity index (χ1n) is 13.3. The van der Waals surface area contributed by atoms with Crippen LogP contribution in [0.5, 0.6) is 0 Å². The first kappa shape index (κ1) is 23.8. The molecule has 0 heterocycles. The highest BCUT2D eigenvalue weighted by atomic mass is 15.2. The Labute approximate surface area is 223 Å². The number of fused-ring (bicyclic) bond motifs is 6. The van der Waals surface area contributed by atoms with E-state index in [0.29, 0.717) is 12.8 Å². The van der Waals surface area contributed by atoms with Crippen LogP contribution in [-0.4, -0.2) is 0 Å². The zero-order valence-electron chi connectivity index (χ0n) is 21.7. The molecule has 0 bridgehead atoms. The highest BCUT2D eigenvalue weighted by Gasteiger charge is 2.40. The van der Waals surface area contributed by atoms with E-state index in [1.807, 2.05) is 38.1 Å². The van der Waals surface area contributed by atoms with Crippen LogP contribution in [0.1, 0.15) is 60.1 Å². The smallest absolute Gasteiger partial charge is 0.192 e. The van der Waals surface area contributed by atoms with Gasteiger partial charge in [-0.1, -0.05) is 98.8 Å². The Bertz CT molecular complexity index is 1560. The van der Waals surface area contributed by atoms with Crippen LogP contribution in [-0.2, 0) is 23.9 Å². The molecular weight excluding hydrogens is 464 g/mol. The molecule has 6 rings (SSSR count). The van der Waals surface area contributed by atoms with Crippen LogP contribution in [0.15, 0.2) is 95.2 Å². The normalized spacial score (nSPS) is 15.9. The summed E-state index contributed by atoms with van der Waals surface area (Å²) in [7, 11) is 0.